The molecule has 0 bridgehead atoms. The summed E-state index contributed by atoms with van der Waals surface area (Å²) in [5, 5.41) is 71.3. The lowest BCUT2D eigenvalue weighted by molar-refractivity contribution is -0.332. The predicted octanol–water partition coefficient (Wildman–Crippen LogP) is 3.79. The smallest absolute Gasteiger partial charge is 0.306 e. The summed E-state index contributed by atoms with van der Waals surface area (Å²) in [6.07, 6.45) is 8.89. The van der Waals surface area contributed by atoms with Crippen LogP contribution in [0.25, 0.3) is 0 Å². The number of aliphatic hydroxyl groups excluding tert-OH is 7. The van der Waals surface area contributed by atoms with Crippen LogP contribution in [0.1, 0.15) is 149 Å². The second-order valence-corrected chi connectivity index (χ2v) is 15.2. The summed E-state index contributed by atoms with van der Waals surface area (Å²) in [6, 6.07) is 0. The van der Waals surface area contributed by atoms with Gasteiger partial charge in [0.2, 0.25) is 0 Å². The summed E-state index contributed by atoms with van der Waals surface area (Å²) in [5.41, 5.74) is 0. The molecule has 2 aliphatic heterocycles. The summed E-state index contributed by atoms with van der Waals surface area (Å²) in [6.45, 7) is 3.44. The molecule has 0 aromatic rings. The van der Waals surface area contributed by atoms with Crippen LogP contribution in [0.5, 0.6) is 0 Å². The van der Waals surface area contributed by atoms with Gasteiger partial charge in [-0.05, 0) is 12.8 Å². The van der Waals surface area contributed by atoms with E-state index in [2.05, 4.69) is 6.92 Å². The van der Waals surface area contributed by atoms with Gasteiger partial charge in [0.1, 0.15) is 54.9 Å². The first kappa shape index (κ1) is 49.1. The molecule has 0 aliphatic carbocycles. The van der Waals surface area contributed by atoms with Crippen LogP contribution in [0.4, 0.5) is 0 Å². The number of ether oxygens (including phenoxy) is 6. The number of esters is 1. The number of hydrogen-bond acceptors (Lipinski definition) is 14. The minimum absolute atomic E-state index is 0.0640. The molecular formula is C40H76O14. The molecule has 2 fully saturated rings. The van der Waals surface area contributed by atoms with Crippen molar-refractivity contribution in [1.29, 1.82) is 0 Å². The Morgan fingerprint density at radius 3 is 1.48 bits per heavy atom. The van der Waals surface area contributed by atoms with E-state index in [1.165, 1.54) is 96.3 Å². The van der Waals surface area contributed by atoms with E-state index in [1.807, 2.05) is 6.92 Å². The maximum Gasteiger partial charge on any atom is 0.306 e. The zero-order valence-corrected chi connectivity index (χ0v) is 33.2. The van der Waals surface area contributed by atoms with E-state index in [-0.39, 0.29) is 19.6 Å². The summed E-state index contributed by atoms with van der Waals surface area (Å²) in [4.78, 5) is 12.4. The van der Waals surface area contributed by atoms with Gasteiger partial charge < -0.3 is 64.2 Å². The van der Waals surface area contributed by atoms with Crippen molar-refractivity contribution >= 4 is 5.97 Å². The molecule has 11 unspecified atom stereocenters. The van der Waals surface area contributed by atoms with Crippen LogP contribution in [0.15, 0.2) is 0 Å². The van der Waals surface area contributed by atoms with Crippen LogP contribution in [-0.2, 0) is 33.2 Å². The van der Waals surface area contributed by atoms with E-state index in [1.54, 1.807) is 0 Å². The first-order valence-corrected chi connectivity index (χ1v) is 21.1. The lowest BCUT2D eigenvalue weighted by Gasteiger charge is -2.42. The molecule has 54 heavy (non-hydrogen) atoms. The number of unbranched alkanes of at least 4 members (excludes halogenated alkanes) is 18. The number of aliphatic hydroxyl groups is 7. The predicted molar refractivity (Wildman–Crippen MR) is 201 cm³/mol. The third-order valence-corrected chi connectivity index (χ3v) is 10.4. The Bertz CT molecular complexity index is 912. The molecule has 2 heterocycles. The Labute approximate surface area is 323 Å². The lowest BCUT2D eigenvalue weighted by Crippen LogP contribution is -2.61. The fourth-order valence-electron chi connectivity index (χ4n) is 6.79. The van der Waals surface area contributed by atoms with Crippen molar-refractivity contribution in [3.63, 3.8) is 0 Å². The van der Waals surface area contributed by atoms with Crippen molar-refractivity contribution in [2.75, 3.05) is 33.0 Å². The van der Waals surface area contributed by atoms with Gasteiger partial charge in [-0.15, -0.1) is 0 Å². The molecule has 320 valence electrons. The van der Waals surface area contributed by atoms with E-state index in [9.17, 15) is 40.5 Å². The normalized spacial score (nSPS) is 29.4. The van der Waals surface area contributed by atoms with E-state index in [4.69, 9.17) is 28.4 Å². The van der Waals surface area contributed by atoms with Gasteiger partial charge in [0, 0.05) is 13.0 Å². The minimum Gasteiger partial charge on any atom is -0.457 e. The van der Waals surface area contributed by atoms with Gasteiger partial charge in [-0.25, -0.2) is 0 Å². The highest BCUT2D eigenvalue weighted by molar-refractivity contribution is 5.69. The van der Waals surface area contributed by atoms with Crippen molar-refractivity contribution in [2.24, 2.45) is 0 Å². The van der Waals surface area contributed by atoms with Crippen molar-refractivity contribution in [3.05, 3.63) is 0 Å². The Balaban J connectivity index is 1.66. The molecule has 14 heteroatoms. The van der Waals surface area contributed by atoms with Crippen LogP contribution in [0.3, 0.4) is 0 Å². The highest BCUT2D eigenvalue weighted by Crippen LogP contribution is 2.26. The zero-order valence-electron chi connectivity index (χ0n) is 33.2. The van der Waals surface area contributed by atoms with Gasteiger partial charge in [0.15, 0.2) is 12.6 Å². The Morgan fingerprint density at radius 2 is 0.981 bits per heavy atom. The highest BCUT2D eigenvalue weighted by Gasteiger charge is 2.47. The first-order valence-electron chi connectivity index (χ1n) is 21.1. The van der Waals surface area contributed by atoms with E-state index in [0.29, 0.717) is 13.0 Å². The topological polar surface area (TPSA) is 214 Å². The van der Waals surface area contributed by atoms with Crippen LogP contribution >= 0.6 is 0 Å². The van der Waals surface area contributed by atoms with Crippen molar-refractivity contribution < 1.29 is 69.0 Å². The molecule has 11 atom stereocenters. The SMILES string of the molecule is CCCCCCCCCCCCCCCCCCCCOCC(COC1OC(COC2OC(CO)C(O)C(O)C2O)C(O)C(O)C1O)OC(=O)CCCC. The maximum absolute atomic E-state index is 12.4. The molecule has 0 amide bonds. The van der Waals surface area contributed by atoms with Crippen LogP contribution in [-0.4, -0.2) is 142 Å². The molecule has 7 N–H and O–H groups in total. The number of hydrogen-bond donors (Lipinski definition) is 7. The molecule has 2 rings (SSSR count). The molecule has 14 nitrogen and oxygen atoms in total. The third-order valence-electron chi connectivity index (χ3n) is 10.4. The van der Waals surface area contributed by atoms with Gasteiger partial charge in [0.25, 0.3) is 0 Å². The van der Waals surface area contributed by atoms with Crippen LogP contribution < -0.4 is 0 Å². The van der Waals surface area contributed by atoms with Crippen molar-refractivity contribution in [3.8, 4) is 0 Å². The van der Waals surface area contributed by atoms with E-state index in [0.717, 1.165) is 25.7 Å². The van der Waals surface area contributed by atoms with E-state index >= 15 is 0 Å². The summed E-state index contributed by atoms with van der Waals surface area (Å²) >= 11 is 0. The Kier molecular flexibility index (Phi) is 27.4. The van der Waals surface area contributed by atoms with E-state index < -0.39 is 86.7 Å². The van der Waals surface area contributed by atoms with Gasteiger partial charge in [-0.1, -0.05) is 129 Å². The molecule has 0 aromatic heterocycles. The second kappa shape index (κ2) is 30.1. The largest absolute Gasteiger partial charge is 0.457 e. The van der Waals surface area contributed by atoms with Crippen LogP contribution in [0, 0.1) is 0 Å². The quantitative estimate of drug-likeness (QED) is 0.0383. The molecule has 2 aliphatic rings. The average molecular weight is 781 g/mol. The number of carbonyl (C=O) groups is 1. The van der Waals surface area contributed by atoms with Gasteiger partial charge in [-0.3, -0.25) is 4.79 Å². The molecule has 0 aromatic carbocycles. The van der Waals surface area contributed by atoms with Crippen molar-refractivity contribution in [1.82, 2.24) is 0 Å². The second-order valence-electron chi connectivity index (χ2n) is 15.2. The molecule has 2 saturated heterocycles. The third kappa shape index (κ3) is 19.4. The molecule has 0 radical (unpaired) electrons. The molecular weight excluding hydrogens is 704 g/mol. The molecule has 0 spiro atoms. The first-order chi connectivity index (χ1) is 26.1. The lowest BCUT2D eigenvalue weighted by atomic mass is 9.98. The van der Waals surface area contributed by atoms with Crippen LogP contribution in [0.2, 0.25) is 0 Å². The maximum atomic E-state index is 12.4. The summed E-state index contributed by atoms with van der Waals surface area (Å²) in [5.74, 6) is -0.409. The van der Waals surface area contributed by atoms with Gasteiger partial charge in [-0.2, -0.15) is 0 Å². The fraction of sp³-hybridized carbons (Fsp3) is 0.975. The number of rotatable bonds is 32. The standard InChI is InChI=1S/C40H76O14/c1-3-5-7-8-9-10-11-12-13-14-15-16-17-18-19-20-21-22-24-49-26-29(52-32(42)23-6-4-2)27-50-39-38(48)36(46)34(44)31(54-39)28-51-40-37(47)35(45)33(43)30(25-41)53-40/h29-31,33-41,43-48H,3-28H2,1-2H3. The zero-order chi connectivity index (χ0) is 39.6. The minimum atomic E-state index is -1.70. The monoisotopic (exact) mass is 781 g/mol. The molecule has 0 saturated carbocycles. The fourth-order valence-corrected chi connectivity index (χ4v) is 6.79. The van der Waals surface area contributed by atoms with Gasteiger partial charge >= 0.3 is 5.97 Å². The summed E-state index contributed by atoms with van der Waals surface area (Å²) in [7, 11) is 0. The Hall–Kier alpha value is -1.01. The Morgan fingerprint density at radius 1 is 0.537 bits per heavy atom. The number of carbonyl (C=O) groups excluding carboxylic acids is 1. The summed E-state index contributed by atoms with van der Waals surface area (Å²) < 4.78 is 33.7. The van der Waals surface area contributed by atoms with Gasteiger partial charge in [0.05, 0.1) is 26.4 Å². The highest BCUT2D eigenvalue weighted by atomic mass is 16.7. The van der Waals surface area contributed by atoms with Crippen molar-refractivity contribution in [2.45, 2.75) is 216 Å². The average Bonchev–Trinajstić information content (AvgIpc) is 3.17.